The Morgan fingerprint density at radius 2 is 0.671 bits per heavy atom. The first-order chi connectivity index (χ1) is 40.0. The van der Waals surface area contributed by atoms with Crippen molar-refractivity contribution >= 4 is 13.7 Å². The third kappa shape index (κ3) is 66.5. The molecule has 0 aliphatic carbocycles. The largest absolute Gasteiger partial charge is 0.472 e. The summed E-state index contributed by atoms with van der Waals surface area (Å²) in [5, 5.41) is 14.0. The summed E-state index contributed by atoms with van der Waals surface area (Å²) >= 11 is 0. The lowest BCUT2D eigenvalue weighted by molar-refractivity contribution is -0.870. The predicted octanol–water partition coefficient (Wildman–Crippen LogP) is 23.4. The van der Waals surface area contributed by atoms with Crippen LogP contribution in [0.5, 0.6) is 0 Å². The summed E-state index contributed by atoms with van der Waals surface area (Å²) in [5.41, 5.74) is 0. The third-order valence-corrected chi connectivity index (χ3v) is 18.2. The molecule has 488 valence electrons. The van der Waals surface area contributed by atoms with E-state index in [1.807, 2.05) is 27.2 Å². The van der Waals surface area contributed by atoms with Crippen LogP contribution in [0.3, 0.4) is 0 Å². The van der Waals surface area contributed by atoms with Crippen molar-refractivity contribution in [2.45, 2.75) is 398 Å². The molecule has 0 rings (SSSR count). The van der Waals surface area contributed by atoms with Crippen molar-refractivity contribution in [3.05, 3.63) is 24.3 Å². The van der Waals surface area contributed by atoms with Crippen LogP contribution in [0.15, 0.2) is 24.3 Å². The molecular formula is C73H146N2O6P+. The summed E-state index contributed by atoms with van der Waals surface area (Å²) < 4.78 is 23.8. The molecule has 0 aliphatic rings. The number of rotatable bonds is 69. The van der Waals surface area contributed by atoms with Crippen molar-refractivity contribution in [2.24, 2.45) is 0 Å². The van der Waals surface area contributed by atoms with E-state index in [-0.39, 0.29) is 19.1 Å². The third-order valence-electron chi connectivity index (χ3n) is 17.2. The molecule has 82 heavy (non-hydrogen) atoms. The van der Waals surface area contributed by atoms with Gasteiger partial charge in [0.1, 0.15) is 13.2 Å². The summed E-state index contributed by atoms with van der Waals surface area (Å²) in [4.78, 5) is 23.4. The maximum Gasteiger partial charge on any atom is 0.472 e. The van der Waals surface area contributed by atoms with Gasteiger partial charge in [0.2, 0.25) is 5.91 Å². The number of aliphatic hydroxyl groups excluding tert-OH is 1. The van der Waals surface area contributed by atoms with Crippen LogP contribution >= 0.6 is 7.82 Å². The average molecular weight is 1180 g/mol. The highest BCUT2D eigenvalue weighted by Gasteiger charge is 2.28. The van der Waals surface area contributed by atoms with Gasteiger partial charge in [-0.25, -0.2) is 4.57 Å². The lowest BCUT2D eigenvalue weighted by atomic mass is 10.0. The molecule has 0 heterocycles. The second-order valence-corrected chi connectivity index (χ2v) is 28.1. The molecule has 0 fully saturated rings. The van der Waals surface area contributed by atoms with Crippen molar-refractivity contribution in [1.82, 2.24) is 5.32 Å². The number of nitrogens with one attached hydrogen (secondary N) is 1. The van der Waals surface area contributed by atoms with Crippen LogP contribution in [-0.4, -0.2) is 73.4 Å². The number of carbonyl (C=O) groups is 1. The van der Waals surface area contributed by atoms with E-state index in [4.69, 9.17) is 9.05 Å². The van der Waals surface area contributed by atoms with E-state index in [0.717, 1.165) is 38.5 Å². The smallest absolute Gasteiger partial charge is 0.387 e. The van der Waals surface area contributed by atoms with Crippen molar-refractivity contribution in [3.63, 3.8) is 0 Å². The molecule has 3 N–H and O–H groups in total. The number of unbranched alkanes of at least 4 members (excludes halogenated alkanes) is 54. The van der Waals surface area contributed by atoms with Gasteiger partial charge in [-0.1, -0.05) is 372 Å². The molecule has 0 bridgehead atoms. The summed E-state index contributed by atoms with van der Waals surface area (Å²) in [6, 6.07) is -0.862. The van der Waals surface area contributed by atoms with Gasteiger partial charge in [0.25, 0.3) is 0 Å². The summed E-state index contributed by atoms with van der Waals surface area (Å²) in [7, 11) is 1.58. The number of phosphoric ester groups is 1. The zero-order valence-corrected chi connectivity index (χ0v) is 56.9. The van der Waals surface area contributed by atoms with Gasteiger partial charge in [-0.15, -0.1) is 0 Å². The Kier molecular flexibility index (Phi) is 63.7. The number of carbonyl (C=O) groups excluding carboxylic acids is 1. The highest BCUT2D eigenvalue weighted by molar-refractivity contribution is 7.47. The highest BCUT2D eigenvalue weighted by atomic mass is 31.2. The maximum absolute atomic E-state index is 13.1. The van der Waals surface area contributed by atoms with Gasteiger partial charge < -0.3 is 19.8 Å². The van der Waals surface area contributed by atoms with Gasteiger partial charge in [0.05, 0.1) is 39.9 Å². The fraction of sp³-hybridized carbons (Fsp3) is 0.932. The van der Waals surface area contributed by atoms with Crippen molar-refractivity contribution in [1.29, 1.82) is 0 Å². The Labute approximate surface area is 513 Å². The zero-order chi connectivity index (χ0) is 59.8. The molecule has 0 saturated carbocycles. The minimum absolute atomic E-state index is 0.0591. The molecule has 0 spiro atoms. The molecule has 9 heteroatoms. The number of aliphatic hydroxyl groups is 1. The topological polar surface area (TPSA) is 105 Å². The number of quaternary nitrogens is 1. The number of nitrogens with zero attached hydrogens (tertiary/aromatic N) is 1. The standard InChI is InChI=1S/C73H145N2O6P/c1-6-8-10-12-14-16-18-20-22-24-26-28-30-32-33-34-35-36-37-38-39-40-41-43-45-47-49-51-53-55-57-59-61-63-65-67-73(77)74-71(70-81-82(78,79)80-69-68-75(3,4)5)72(76)66-64-62-60-58-56-54-52-50-48-46-44-42-31-29-27-25-23-21-19-17-15-13-11-9-7-2/h56,58,64,66,71-72,76H,6-55,57,59-63,65,67-70H2,1-5H3,(H-,74,77,78,79)/p+1/b58-56+,66-64+. The SMILES string of the molecule is CCCCCCCCCCCCCCCCCCCCC/C=C/CC/C=C/C(O)C(COP(=O)(O)OCC[N+](C)(C)C)NC(=O)CCCCCCCCCCCCCCCCCCCCCCCCCCCCCCCCCCCCC. The van der Waals surface area contributed by atoms with E-state index < -0.39 is 20.0 Å². The van der Waals surface area contributed by atoms with Gasteiger partial charge in [-0.2, -0.15) is 0 Å². The predicted molar refractivity (Wildman–Crippen MR) is 360 cm³/mol. The fourth-order valence-electron chi connectivity index (χ4n) is 11.5. The van der Waals surface area contributed by atoms with Crippen LogP contribution in [0, 0.1) is 0 Å². The van der Waals surface area contributed by atoms with E-state index in [0.29, 0.717) is 17.4 Å². The van der Waals surface area contributed by atoms with Crippen LogP contribution in [0.2, 0.25) is 0 Å². The lowest BCUT2D eigenvalue weighted by Gasteiger charge is -2.25. The number of allylic oxidation sites excluding steroid dienone is 3. The Balaban J connectivity index is 3.99. The van der Waals surface area contributed by atoms with E-state index in [1.54, 1.807) is 6.08 Å². The van der Waals surface area contributed by atoms with Crippen LogP contribution < -0.4 is 5.32 Å². The monoisotopic (exact) mass is 1180 g/mol. The van der Waals surface area contributed by atoms with Gasteiger partial charge in [0.15, 0.2) is 0 Å². The normalized spacial score (nSPS) is 13.7. The Morgan fingerprint density at radius 3 is 0.976 bits per heavy atom. The first-order valence-electron chi connectivity index (χ1n) is 36.7. The first-order valence-corrected chi connectivity index (χ1v) is 38.2. The Morgan fingerprint density at radius 1 is 0.402 bits per heavy atom. The van der Waals surface area contributed by atoms with Crippen molar-refractivity contribution in [2.75, 3.05) is 40.9 Å². The van der Waals surface area contributed by atoms with E-state index in [9.17, 15) is 19.4 Å². The number of amides is 1. The summed E-state index contributed by atoms with van der Waals surface area (Å²) in [6.45, 7) is 4.87. The maximum atomic E-state index is 13.1. The molecule has 0 aromatic heterocycles. The van der Waals surface area contributed by atoms with Crippen LogP contribution in [0.25, 0.3) is 0 Å². The zero-order valence-electron chi connectivity index (χ0n) is 56.0. The number of hydrogen-bond donors (Lipinski definition) is 3. The van der Waals surface area contributed by atoms with Crippen LogP contribution in [-0.2, 0) is 18.4 Å². The van der Waals surface area contributed by atoms with Crippen molar-refractivity contribution < 1.29 is 32.9 Å². The minimum atomic E-state index is -4.36. The van der Waals surface area contributed by atoms with E-state index in [1.165, 1.54) is 327 Å². The van der Waals surface area contributed by atoms with Gasteiger partial charge in [-0.3, -0.25) is 13.8 Å². The number of hydrogen-bond acceptors (Lipinski definition) is 5. The van der Waals surface area contributed by atoms with Gasteiger partial charge >= 0.3 is 7.82 Å². The average Bonchev–Trinajstić information content (AvgIpc) is 3.47. The fourth-order valence-corrected chi connectivity index (χ4v) is 12.2. The highest BCUT2D eigenvalue weighted by Crippen LogP contribution is 2.43. The Hall–Kier alpha value is -1.02. The molecule has 3 unspecified atom stereocenters. The van der Waals surface area contributed by atoms with E-state index in [2.05, 4.69) is 31.3 Å². The minimum Gasteiger partial charge on any atom is -0.387 e. The second kappa shape index (κ2) is 64.5. The summed E-state index contributed by atoms with van der Waals surface area (Å²) in [5.74, 6) is -0.177. The summed E-state index contributed by atoms with van der Waals surface area (Å²) in [6.07, 6.45) is 85.0. The molecular weight excluding hydrogens is 1030 g/mol. The molecule has 1 amide bonds. The van der Waals surface area contributed by atoms with Gasteiger partial charge in [-0.05, 0) is 32.1 Å². The quantitative estimate of drug-likeness (QED) is 0.0243. The first kappa shape index (κ1) is 81.0. The van der Waals surface area contributed by atoms with Crippen molar-refractivity contribution in [3.8, 4) is 0 Å². The molecule has 0 aromatic rings. The lowest BCUT2D eigenvalue weighted by Crippen LogP contribution is -2.45. The number of phosphoric acid groups is 1. The van der Waals surface area contributed by atoms with Gasteiger partial charge in [0, 0.05) is 6.42 Å². The second-order valence-electron chi connectivity index (χ2n) is 26.7. The van der Waals surface area contributed by atoms with E-state index >= 15 is 0 Å². The van der Waals surface area contributed by atoms with Crippen LogP contribution in [0.1, 0.15) is 386 Å². The Bertz CT molecular complexity index is 1390. The molecule has 0 aromatic carbocycles. The number of likely N-dealkylation sites (N-methyl/N-ethyl adjacent to an activating group) is 1. The molecule has 8 nitrogen and oxygen atoms in total. The molecule has 0 aliphatic heterocycles. The molecule has 3 atom stereocenters. The molecule has 0 saturated heterocycles. The molecule has 0 radical (unpaired) electrons. The van der Waals surface area contributed by atoms with Crippen LogP contribution in [0.4, 0.5) is 0 Å².